The summed E-state index contributed by atoms with van der Waals surface area (Å²) in [6.45, 7) is 8.18. The molecule has 1 aliphatic carbocycles. The van der Waals surface area contributed by atoms with Crippen LogP contribution in [0.15, 0.2) is 66.1 Å². The average molecular weight is 678 g/mol. The van der Waals surface area contributed by atoms with E-state index in [9.17, 15) is 27.7 Å². The number of likely N-dealkylation sites (tertiary alicyclic amines) is 2. The van der Waals surface area contributed by atoms with E-state index in [0.717, 1.165) is 64.1 Å². The van der Waals surface area contributed by atoms with E-state index in [0.29, 0.717) is 17.9 Å². The summed E-state index contributed by atoms with van der Waals surface area (Å²) in [5.74, 6) is -0.372. The van der Waals surface area contributed by atoms with Crippen molar-refractivity contribution in [1.29, 1.82) is 5.26 Å². The Hall–Kier alpha value is -3.95. The molecule has 3 saturated heterocycles. The number of benzene rings is 2. The Morgan fingerprint density at radius 3 is 2.42 bits per heavy atom. The van der Waals surface area contributed by atoms with Crippen molar-refractivity contribution >= 4 is 27.5 Å². The smallest absolute Gasteiger partial charge is 0.407 e. The Bertz CT molecular complexity index is 1660. The number of ether oxygens (including phenoxy) is 1. The number of anilines is 1. The number of amides is 2. The van der Waals surface area contributed by atoms with Gasteiger partial charge in [-0.15, -0.1) is 0 Å². The van der Waals surface area contributed by atoms with Crippen LogP contribution in [0.5, 0.6) is 0 Å². The van der Waals surface area contributed by atoms with Crippen LogP contribution < -0.4 is 10.2 Å². The Labute approximate surface area is 282 Å². The SMILES string of the molecule is C=CC(=O)N1CC(S(=O)(=O)c2ccc(N3CC(CN4CCC(C(C#N)(c5cccc(F)c5)[C@H]5CCC[C@@H]5OC(=O)NC)CC4)C3)cc2)C1. The normalized spacial score (nSPS) is 23.8. The second-order valence-corrected chi connectivity index (χ2v) is 15.9. The molecule has 0 spiro atoms. The molecule has 0 bridgehead atoms. The fourth-order valence-electron chi connectivity index (χ4n) is 8.34. The number of carbonyl (C=O) groups excluding carboxylic acids is 2. The van der Waals surface area contributed by atoms with Crippen LogP contribution in [-0.2, 0) is 24.8 Å². The Morgan fingerprint density at radius 2 is 1.79 bits per heavy atom. The van der Waals surface area contributed by atoms with Gasteiger partial charge < -0.3 is 24.8 Å². The molecule has 3 heterocycles. The molecule has 1 saturated carbocycles. The predicted molar refractivity (Wildman–Crippen MR) is 179 cm³/mol. The van der Waals surface area contributed by atoms with Crippen molar-refractivity contribution in [1.82, 2.24) is 15.1 Å². The molecule has 48 heavy (non-hydrogen) atoms. The lowest BCUT2D eigenvalue weighted by Crippen LogP contribution is -2.56. The molecular weight excluding hydrogens is 633 g/mol. The minimum absolute atomic E-state index is 0.00222. The molecular formula is C36H44FN5O5S. The number of sulfone groups is 1. The quantitative estimate of drug-likeness (QED) is 0.373. The topological polar surface area (TPSA) is 123 Å². The zero-order valence-corrected chi connectivity index (χ0v) is 28.2. The summed E-state index contributed by atoms with van der Waals surface area (Å²) >= 11 is 0. The zero-order chi connectivity index (χ0) is 34.1. The lowest BCUT2D eigenvalue weighted by molar-refractivity contribution is -0.129. The van der Waals surface area contributed by atoms with E-state index in [1.165, 1.54) is 30.2 Å². The van der Waals surface area contributed by atoms with E-state index in [1.54, 1.807) is 18.2 Å². The summed E-state index contributed by atoms with van der Waals surface area (Å²) in [4.78, 5) is 30.4. The van der Waals surface area contributed by atoms with Crippen LogP contribution in [-0.4, -0.2) is 94.4 Å². The fraction of sp³-hybridized carbons (Fsp3) is 0.528. The number of hydrogen-bond acceptors (Lipinski definition) is 8. The second kappa shape index (κ2) is 13.9. The van der Waals surface area contributed by atoms with Gasteiger partial charge in [-0.3, -0.25) is 4.79 Å². The van der Waals surface area contributed by atoms with Crippen molar-refractivity contribution in [3.05, 3.63) is 72.6 Å². The van der Waals surface area contributed by atoms with E-state index in [1.807, 2.05) is 18.2 Å². The molecule has 256 valence electrons. The lowest BCUT2D eigenvalue weighted by Gasteiger charge is -2.48. The van der Waals surface area contributed by atoms with E-state index in [4.69, 9.17) is 4.74 Å². The summed E-state index contributed by atoms with van der Waals surface area (Å²) in [5.41, 5.74) is 0.698. The molecule has 4 fully saturated rings. The highest BCUT2D eigenvalue weighted by atomic mass is 32.2. The number of rotatable bonds is 10. The van der Waals surface area contributed by atoms with Gasteiger partial charge in [0.2, 0.25) is 5.91 Å². The van der Waals surface area contributed by atoms with Gasteiger partial charge in [0.25, 0.3) is 0 Å². The summed E-state index contributed by atoms with van der Waals surface area (Å²) in [6, 6.07) is 16.1. The highest BCUT2D eigenvalue weighted by molar-refractivity contribution is 7.92. The van der Waals surface area contributed by atoms with Crippen LogP contribution in [0, 0.1) is 34.9 Å². The molecule has 3 atom stereocenters. The summed E-state index contributed by atoms with van der Waals surface area (Å²) in [5, 5.41) is 12.8. The second-order valence-electron chi connectivity index (χ2n) is 13.7. The number of carbonyl (C=O) groups is 2. The molecule has 2 aromatic rings. The van der Waals surface area contributed by atoms with Gasteiger partial charge in [0.05, 0.1) is 16.4 Å². The number of piperidine rings is 1. The van der Waals surface area contributed by atoms with Gasteiger partial charge in [0, 0.05) is 57.3 Å². The van der Waals surface area contributed by atoms with Crippen molar-refractivity contribution in [3.8, 4) is 6.07 Å². The first-order valence-corrected chi connectivity index (χ1v) is 18.4. The van der Waals surface area contributed by atoms with Crippen LogP contribution >= 0.6 is 0 Å². The van der Waals surface area contributed by atoms with Gasteiger partial charge in [0.1, 0.15) is 17.2 Å². The summed E-state index contributed by atoms with van der Waals surface area (Å²) in [7, 11) is -1.98. The molecule has 1 N–H and O–H groups in total. The number of alkyl carbamates (subject to hydrolysis) is 1. The predicted octanol–water partition coefficient (Wildman–Crippen LogP) is 4.13. The van der Waals surface area contributed by atoms with Crippen molar-refractivity contribution in [3.63, 3.8) is 0 Å². The molecule has 0 aromatic heterocycles. The highest BCUT2D eigenvalue weighted by Crippen LogP contribution is 2.51. The van der Waals surface area contributed by atoms with E-state index >= 15 is 0 Å². The van der Waals surface area contributed by atoms with Crippen molar-refractivity contribution in [2.75, 3.05) is 57.8 Å². The third-order valence-electron chi connectivity index (χ3n) is 11.0. The minimum atomic E-state index is -3.51. The first kappa shape index (κ1) is 33.9. The third-order valence-corrected chi connectivity index (χ3v) is 13.1. The van der Waals surface area contributed by atoms with Gasteiger partial charge >= 0.3 is 6.09 Å². The first-order chi connectivity index (χ1) is 23.1. The van der Waals surface area contributed by atoms with Gasteiger partial charge in [-0.2, -0.15) is 5.26 Å². The monoisotopic (exact) mass is 677 g/mol. The van der Waals surface area contributed by atoms with Gasteiger partial charge in [-0.05, 0) is 99.1 Å². The largest absolute Gasteiger partial charge is 0.446 e. The lowest BCUT2D eigenvalue weighted by atomic mass is 9.59. The van der Waals surface area contributed by atoms with E-state index in [2.05, 4.69) is 27.8 Å². The van der Waals surface area contributed by atoms with Crippen molar-refractivity contribution in [2.45, 2.75) is 53.8 Å². The minimum Gasteiger partial charge on any atom is -0.446 e. The van der Waals surface area contributed by atoms with Gasteiger partial charge in [-0.1, -0.05) is 18.7 Å². The van der Waals surface area contributed by atoms with E-state index in [-0.39, 0.29) is 41.5 Å². The number of halogens is 1. The van der Waals surface area contributed by atoms with Crippen LogP contribution in [0.1, 0.15) is 37.7 Å². The van der Waals surface area contributed by atoms with Gasteiger partial charge in [-0.25, -0.2) is 17.6 Å². The van der Waals surface area contributed by atoms with Crippen molar-refractivity contribution < 1.29 is 27.1 Å². The Kier molecular flexibility index (Phi) is 9.81. The molecule has 3 aliphatic heterocycles. The molecule has 4 aliphatic rings. The molecule has 1 unspecified atom stereocenters. The maximum absolute atomic E-state index is 14.6. The summed E-state index contributed by atoms with van der Waals surface area (Å²) < 4.78 is 46.4. The number of nitrogens with zero attached hydrogens (tertiary/aromatic N) is 4. The molecule has 6 rings (SSSR count). The highest BCUT2D eigenvalue weighted by Gasteiger charge is 2.53. The maximum Gasteiger partial charge on any atom is 0.407 e. The fourth-order valence-corrected chi connectivity index (χ4v) is 9.99. The number of nitriles is 1. The third kappa shape index (κ3) is 6.42. The Morgan fingerprint density at radius 1 is 1.08 bits per heavy atom. The maximum atomic E-state index is 14.6. The zero-order valence-electron chi connectivity index (χ0n) is 27.4. The van der Waals surface area contributed by atoms with Crippen LogP contribution in [0.2, 0.25) is 0 Å². The van der Waals surface area contributed by atoms with E-state index < -0.39 is 32.7 Å². The molecule has 0 radical (unpaired) electrons. The number of hydrogen-bond donors (Lipinski definition) is 1. The first-order valence-electron chi connectivity index (χ1n) is 16.9. The molecule has 2 aromatic carbocycles. The Balaban J connectivity index is 1.05. The molecule has 2 amide bonds. The van der Waals surface area contributed by atoms with Crippen molar-refractivity contribution in [2.24, 2.45) is 17.8 Å². The molecule has 10 nitrogen and oxygen atoms in total. The van der Waals surface area contributed by atoms with Crippen LogP contribution in [0.3, 0.4) is 0 Å². The summed E-state index contributed by atoms with van der Waals surface area (Å²) in [6.07, 6.45) is 4.15. The molecule has 12 heteroatoms. The van der Waals surface area contributed by atoms with Gasteiger partial charge in [0.15, 0.2) is 9.84 Å². The number of nitrogens with one attached hydrogen (secondary N) is 1. The van der Waals surface area contributed by atoms with Crippen LogP contribution in [0.4, 0.5) is 14.9 Å². The standard InChI is InChI=1S/C36H44FN5O5S/c1-3-34(43)42-22-31(23-42)48(45,46)30-12-10-29(11-13-30)41-20-25(21-41)19-40-16-14-26(15-17-40)36(24-38,27-6-4-7-28(37)18-27)32-8-5-9-33(32)47-35(44)39-2/h3-4,6-7,10-13,18,25-26,31-33H,1,5,8-9,14-17,19-23H2,2H3,(H,39,44)/t32-,33-,36?/m0/s1. The van der Waals surface area contributed by atoms with Crippen LogP contribution in [0.25, 0.3) is 0 Å². The average Bonchev–Trinajstić information content (AvgIpc) is 3.51.